The summed E-state index contributed by atoms with van der Waals surface area (Å²) in [5.41, 5.74) is 2.37. The molecule has 0 fully saturated rings. The van der Waals surface area contributed by atoms with Crippen LogP contribution in [0.2, 0.25) is 0 Å². The van der Waals surface area contributed by atoms with E-state index in [1.54, 1.807) is 26.4 Å². The lowest BCUT2D eigenvalue weighted by Gasteiger charge is -2.09. The minimum Gasteiger partial charge on any atom is -0.493 e. The molecule has 152 valence electrons. The van der Waals surface area contributed by atoms with Crippen LogP contribution in [0.25, 0.3) is 10.2 Å². The van der Waals surface area contributed by atoms with E-state index in [0.29, 0.717) is 28.4 Å². The van der Waals surface area contributed by atoms with Crippen molar-refractivity contribution < 1.29 is 23.8 Å². The molecule has 0 bridgehead atoms. The van der Waals surface area contributed by atoms with Gasteiger partial charge in [0.15, 0.2) is 16.3 Å². The van der Waals surface area contributed by atoms with Crippen molar-refractivity contribution in [2.45, 2.75) is 19.9 Å². The van der Waals surface area contributed by atoms with Gasteiger partial charge in [-0.05, 0) is 19.1 Å². The highest BCUT2D eigenvalue weighted by atomic mass is 32.1. The molecule has 29 heavy (non-hydrogen) atoms. The predicted octanol–water partition coefficient (Wildman–Crippen LogP) is 3.33. The summed E-state index contributed by atoms with van der Waals surface area (Å²) in [6.07, 6.45) is 0.155. The summed E-state index contributed by atoms with van der Waals surface area (Å²) in [4.78, 5) is 29.2. The molecule has 0 saturated carbocycles. The second-order valence-corrected chi connectivity index (χ2v) is 7.33. The van der Waals surface area contributed by atoms with Crippen LogP contribution in [-0.2, 0) is 16.1 Å². The van der Waals surface area contributed by atoms with Gasteiger partial charge in [0.1, 0.15) is 0 Å². The number of aryl methyl sites for hydroxylation is 2. The van der Waals surface area contributed by atoms with Gasteiger partial charge in [-0.2, -0.15) is 4.99 Å². The van der Waals surface area contributed by atoms with Gasteiger partial charge in [0.05, 0.1) is 38.0 Å². The van der Waals surface area contributed by atoms with Crippen LogP contribution in [0.1, 0.15) is 22.3 Å². The Bertz CT molecular complexity index is 1110. The maximum absolute atomic E-state index is 12.7. The van der Waals surface area contributed by atoms with Crippen molar-refractivity contribution in [3.8, 4) is 11.5 Å². The summed E-state index contributed by atoms with van der Waals surface area (Å²) in [5.74, 6) is 0.453. The average molecular weight is 414 g/mol. The van der Waals surface area contributed by atoms with Gasteiger partial charge < -0.3 is 18.8 Å². The molecule has 3 aromatic rings. The van der Waals surface area contributed by atoms with Gasteiger partial charge >= 0.3 is 5.97 Å². The quantitative estimate of drug-likeness (QED) is 0.578. The van der Waals surface area contributed by atoms with E-state index in [-0.39, 0.29) is 18.3 Å². The number of thiazole rings is 1. The molecule has 0 aliphatic carbocycles. The highest BCUT2D eigenvalue weighted by Crippen LogP contribution is 2.33. The van der Waals surface area contributed by atoms with Crippen LogP contribution in [-0.4, -0.2) is 37.8 Å². The zero-order valence-electron chi connectivity index (χ0n) is 16.7. The molecule has 3 rings (SSSR count). The molecule has 1 heterocycles. The number of carbonyl (C=O) groups is 2. The number of amides is 1. The van der Waals surface area contributed by atoms with Crippen LogP contribution < -0.4 is 14.3 Å². The summed E-state index contributed by atoms with van der Waals surface area (Å²) in [6.45, 7) is 2.28. The number of fused-ring (bicyclic) bond motifs is 1. The Morgan fingerprint density at radius 2 is 1.69 bits per heavy atom. The van der Waals surface area contributed by atoms with Gasteiger partial charge in [-0.25, -0.2) is 0 Å². The first-order chi connectivity index (χ1) is 14.0. The number of rotatable bonds is 6. The second kappa shape index (κ2) is 8.91. The number of methoxy groups -OCH3 is 3. The standard InChI is InChI=1S/C21H22N2O5S/c1-13-5-7-14(8-6-13)20(25)22-21-23(10-9-19(24)28-4)15-11-16(26-2)17(27-3)12-18(15)29-21/h5-8,11-12H,9-10H2,1-4H3. The summed E-state index contributed by atoms with van der Waals surface area (Å²) in [7, 11) is 4.47. The number of ether oxygens (including phenoxy) is 3. The van der Waals surface area contributed by atoms with E-state index in [1.807, 2.05) is 35.8 Å². The molecule has 7 nitrogen and oxygen atoms in total. The minimum atomic E-state index is -0.345. The molecule has 0 spiro atoms. The largest absolute Gasteiger partial charge is 0.493 e. The fraction of sp³-hybridized carbons (Fsp3) is 0.286. The number of esters is 1. The van der Waals surface area contributed by atoms with E-state index in [4.69, 9.17) is 14.2 Å². The predicted molar refractivity (Wildman–Crippen MR) is 111 cm³/mol. The van der Waals surface area contributed by atoms with E-state index in [0.717, 1.165) is 15.8 Å². The molecule has 1 amide bonds. The molecular weight excluding hydrogens is 392 g/mol. The molecule has 0 N–H and O–H groups in total. The maximum atomic E-state index is 12.7. The zero-order valence-corrected chi connectivity index (χ0v) is 17.5. The highest BCUT2D eigenvalue weighted by molar-refractivity contribution is 7.16. The summed E-state index contributed by atoms with van der Waals surface area (Å²) < 4.78 is 18.2. The van der Waals surface area contributed by atoms with E-state index < -0.39 is 0 Å². The Kier molecular flexibility index (Phi) is 6.33. The fourth-order valence-electron chi connectivity index (χ4n) is 2.85. The van der Waals surface area contributed by atoms with Crippen molar-refractivity contribution >= 4 is 33.4 Å². The van der Waals surface area contributed by atoms with Crippen LogP contribution in [0.4, 0.5) is 0 Å². The summed E-state index contributed by atoms with van der Waals surface area (Å²) in [5, 5.41) is 0. The van der Waals surface area contributed by atoms with Crippen LogP contribution in [0.3, 0.4) is 0 Å². The molecule has 1 aromatic heterocycles. The third-order valence-electron chi connectivity index (χ3n) is 4.45. The van der Waals surface area contributed by atoms with Crippen molar-refractivity contribution in [1.29, 1.82) is 0 Å². The van der Waals surface area contributed by atoms with E-state index in [2.05, 4.69) is 4.99 Å². The van der Waals surface area contributed by atoms with Gasteiger partial charge in [0.2, 0.25) is 0 Å². The number of nitrogens with zero attached hydrogens (tertiary/aromatic N) is 2. The highest BCUT2D eigenvalue weighted by Gasteiger charge is 2.15. The normalized spacial score (nSPS) is 11.5. The average Bonchev–Trinajstić information content (AvgIpc) is 3.06. The number of hydrogen-bond donors (Lipinski definition) is 0. The third-order valence-corrected chi connectivity index (χ3v) is 5.49. The molecule has 0 aliphatic rings. The number of carbonyl (C=O) groups excluding carboxylic acids is 2. The molecule has 0 radical (unpaired) electrons. The lowest BCUT2D eigenvalue weighted by molar-refractivity contribution is -0.140. The minimum absolute atomic E-state index is 0.155. The molecule has 0 atom stereocenters. The topological polar surface area (TPSA) is 79.1 Å². The Morgan fingerprint density at radius 3 is 2.31 bits per heavy atom. The van der Waals surface area contributed by atoms with E-state index in [9.17, 15) is 9.59 Å². The first-order valence-corrected chi connectivity index (χ1v) is 9.76. The van der Waals surface area contributed by atoms with Gasteiger partial charge in [0, 0.05) is 24.2 Å². The van der Waals surface area contributed by atoms with Crippen molar-refractivity contribution in [1.82, 2.24) is 4.57 Å². The second-order valence-electron chi connectivity index (χ2n) is 6.32. The van der Waals surface area contributed by atoms with Crippen molar-refractivity contribution in [2.24, 2.45) is 4.99 Å². The molecular formula is C21H22N2O5S. The van der Waals surface area contributed by atoms with Gasteiger partial charge in [-0.15, -0.1) is 0 Å². The maximum Gasteiger partial charge on any atom is 0.307 e. The third kappa shape index (κ3) is 4.48. The van der Waals surface area contributed by atoms with Gasteiger partial charge in [-0.3, -0.25) is 9.59 Å². The van der Waals surface area contributed by atoms with Crippen LogP contribution >= 0.6 is 11.3 Å². The molecule has 0 aliphatic heterocycles. The summed E-state index contributed by atoms with van der Waals surface area (Å²) in [6, 6.07) is 10.9. The van der Waals surface area contributed by atoms with Crippen molar-refractivity contribution in [3.05, 3.63) is 52.3 Å². The SMILES string of the molecule is COC(=O)CCn1c(=NC(=O)c2ccc(C)cc2)sc2cc(OC)c(OC)cc21. The molecule has 0 unspecified atom stereocenters. The lowest BCUT2D eigenvalue weighted by atomic mass is 10.1. The Labute approximate surface area is 172 Å². The van der Waals surface area contributed by atoms with Crippen molar-refractivity contribution in [3.63, 3.8) is 0 Å². The smallest absolute Gasteiger partial charge is 0.307 e. The lowest BCUT2D eigenvalue weighted by Crippen LogP contribution is -2.19. The first kappa shape index (κ1) is 20.6. The Balaban J connectivity index is 2.14. The zero-order chi connectivity index (χ0) is 21.0. The van der Waals surface area contributed by atoms with Crippen LogP contribution in [0.5, 0.6) is 11.5 Å². The number of benzene rings is 2. The Morgan fingerprint density at radius 1 is 1.03 bits per heavy atom. The van der Waals surface area contributed by atoms with Crippen molar-refractivity contribution in [2.75, 3.05) is 21.3 Å². The van der Waals surface area contributed by atoms with E-state index >= 15 is 0 Å². The molecule has 2 aromatic carbocycles. The van der Waals surface area contributed by atoms with Crippen LogP contribution in [0, 0.1) is 6.92 Å². The fourth-order valence-corrected chi connectivity index (χ4v) is 3.92. The molecule has 0 saturated heterocycles. The van der Waals surface area contributed by atoms with E-state index in [1.165, 1.54) is 18.4 Å². The Hall–Kier alpha value is -3.13. The van der Waals surface area contributed by atoms with Gasteiger partial charge in [-0.1, -0.05) is 29.0 Å². The monoisotopic (exact) mass is 414 g/mol. The van der Waals surface area contributed by atoms with Crippen LogP contribution in [0.15, 0.2) is 41.4 Å². The summed E-state index contributed by atoms with van der Waals surface area (Å²) >= 11 is 1.35. The first-order valence-electron chi connectivity index (χ1n) is 8.94. The van der Waals surface area contributed by atoms with Gasteiger partial charge in [0.25, 0.3) is 5.91 Å². The molecule has 8 heteroatoms. The number of hydrogen-bond acceptors (Lipinski definition) is 6. The number of aromatic nitrogens is 1.